The molecule has 6 nitrogen and oxygen atoms in total. The molecule has 0 spiro atoms. The molecule has 4 N–H and O–H groups in total. The molecule has 0 radical (unpaired) electrons. The van der Waals surface area contributed by atoms with Crippen LogP contribution < -0.4 is 0 Å². The first-order valence-corrected chi connectivity index (χ1v) is 10.3. The Balaban J connectivity index is 1.86. The van der Waals surface area contributed by atoms with Gasteiger partial charge in [0.25, 0.3) is 0 Å². The molecule has 2 saturated carbocycles. The number of rotatable bonds is 2. The van der Waals surface area contributed by atoms with Crippen molar-refractivity contribution < 1.29 is 34.4 Å². The maximum atomic E-state index is 15.2. The SMILES string of the molecule is CC1C[C@@]2(C)C(=CC1=O)C(F)=C[C@@H]1[C@@H]2C(O)C[C@@]2(C)[C@H]1CC(O)[C@]2(O)C(=O)CO. The first-order chi connectivity index (χ1) is 13.4. The van der Waals surface area contributed by atoms with Crippen LogP contribution in [0.25, 0.3) is 0 Å². The van der Waals surface area contributed by atoms with E-state index in [1.54, 1.807) is 13.8 Å². The van der Waals surface area contributed by atoms with Crippen molar-refractivity contribution in [2.24, 2.45) is 34.5 Å². The number of hydrogen-bond acceptors (Lipinski definition) is 6. The zero-order chi connectivity index (χ0) is 21.5. The summed E-state index contributed by atoms with van der Waals surface area (Å²) < 4.78 is 15.2. The molecule has 0 bridgehead atoms. The summed E-state index contributed by atoms with van der Waals surface area (Å²) in [6.07, 6.45) is 0.890. The average Bonchev–Trinajstić information content (AvgIpc) is 2.84. The number of ketones is 2. The summed E-state index contributed by atoms with van der Waals surface area (Å²) in [7, 11) is 0. The number of aliphatic hydroxyl groups excluding tert-OH is 3. The molecular formula is C22H29FO6. The fraction of sp³-hybridized carbons (Fsp3) is 0.727. The van der Waals surface area contributed by atoms with Crippen molar-refractivity contribution in [1.29, 1.82) is 0 Å². The second-order valence-corrected chi connectivity index (χ2v) is 10.00. The van der Waals surface area contributed by atoms with Gasteiger partial charge < -0.3 is 20.4 Å². The molecule has 9 atom stereocenters. The van der Waals surface area contributed by atoms with Gasteiger partial charge in [-0.3, -0.25) is 9.59 Å². The van der Waals surface area contributed by atoms with Gasteiger partial charge in [0.15, 0.2) is 17.2 Å². The van der Waals surface area contributed by atoms with E-state index in [9.17, 15) is 30.0 Å². The van der Waals surface area contributed by atoms with E-state index in [2.05, 4.69) is 0 Å². The summed E-state index contributed by atoms with van der Waals surface area (Å²) in [4.78, 5) is 24.6. The Kier molecular flexibility index (Phi) is 4.53. The van der Waals surface area contributed by atoms with Crippen molar-refractivity contribution in [3.8, 4) is 0 Å². The van der Waals surface area contributed by atoms with E-state index in [0.29, 0.717) is 12.0 Å². The van der Waals surface area contributed by atoms with E-state index >= 15 is 4.39 Å². The van der Waals surface area contributed by atoms with E-state index in [4.69, 9.17) is 0 Å². The molecule has 0 aromatic rings. The highest BCUT2D eigenvalue weighted by Crippen LogP contribution is 2.67. The monoisotopic (exact) mass is 408 g/mol. The predicted molar refractivity (Wildman–Crippen MR) is 101 cm³/mol. The Morgan fingerprint density at radius 2 is 1.93 bits per heavy atom. The number of carbonyl (C=O) groups is 2. The molecule has 4 aliphatic carbocycles. The molecule has 29 heavy (non-hydrogen) atoms. The minimum atomic E-state index is -2.20. The average molecular weight is 408 g/mol. The Labute approximate surface area is 169 Å². The van der Waals surface area contributed by atoms with Crippen LogP contribution in [0.3, 0.4) is 0 Å². The molecule has 7 heteroatoms. The van der Waals surface area contributed by atoms with Crippen LogP contribution in [0.1, 0.15) is 40.0 Å². The van der Waals surface area contributed by atoms with Crippen LogP contribution in [0.2, 0.25) is 0 Å². The third-order valence-corrected chi connectivity index (χ3v) is 8.59. The topological polar surface area (TPSA) is 115 Å². The fourth-order valence-corrected chi connectivity index (χ4v) is 7.20. The molecule has 0 heterocycles. The van der Waals surface area contributed by atoms with Gasteiger partial charge in [-0.15, -0.1) is 0 Å². The molecule has 160 valence electrons. The summed E-state index contributed by atoms with van der Waals surface area (Å²) in [5.74, 6) is -3.19. The molecular weight excluding hydrogens is 379 g/mol. The van der Waals surface area contributed by atoms with Crippen LogP contribution in [0, 0.1) is 34.5 Å². The largest absolute Gasteiger partial charge is 0.393 e. The highest BCUT2D eigenvalue weighted by molar-refractivity contribution is 5.94. The van der Waals surface area contributed by atoms with E-state index in [1.807, 2.05) is 6.92 Å². The van der Waals surface area contributed by atoms with Crippen molar-refractivity contribution in [2.45, 2.75) is 57.8 Å². The second kappa shape index (κ2) is 6.30. The van der Waals surface area contributed by atoms with Gasteiger partial charge in [-0.05, 0) is 48.8 Å². The minimum Gasteiger partial charge on any atom is -0.393 e. The van der Waals surface area contributed by atoms with Gasteiger partial charge >= 0.3 is 0 Å². The number of allylic oxidation sites excluding steroid dienone is 4. The molecule has 0 amide bonds. The van der Waals surface area contributed by atoms with Gasteiger partial charge in [0.05, 0.1) is 12.2 Å². The molecule has 0 saturated heterocycles. The first kappa shape index (κ1) is 20.8. The van der Waals surface area contributed by atoms with Crippen LogP contribution >= 0.6 is 0 Å². The molecule has 4 aliphatic rings. The highest BCUT2D eigenvalue weighted by atomic mass is 19.1. The summed E-state index contributed by atoms with van der Waals surface area (Å²) >= 11 is 0. The van der Waals surface area contributed by atoms with Crippen molar-refractivity contribution in [3.05, 3.63) is 23.6 Å². The van der Waals surface area contributed by atoms with Crippen molar-refractivity contribution in [2.75, 3.05) is 6.61 Å². The Morgan fingerprint density at radius 3 is 2.55 bits per heavy atom. The van der Waals surface area contributed by atoms with Gasteiger partial charge in [-0.2, -0.15) is 0 Å². The van der Waals surface area contributed by atoms with E-state index in [1.165, 1.54) is 12.2 Å². The number of halogens is 1. The molecule has 3 unspecified atom stereocenters. The standard InChI is InChI=1S/C22H29FO6/c1-10-7-20(2)13(5-15(10)25)14(23)4-11-12-6-17(27)22(29,18(28)9-24)21(12,3)8-16(26)19(11)20/h4-5,10-12,16-17,19,24,26-27,29H,6-9H2,1-3H3/t10?,11-,12-,16?,17?,19+,20-,21-,22-/m0/s1. The summed E-state index contributed by atoms with van der Waals surface area (Å²) in [5, 5.41) is 42.4. The predicted octanol–water partition coefficient (Wildman–Crippen LogP) is 1.07. The first-order valence-electron chi connectivity index (χ1n) is 10.3. The van der Waals surface area contributed by atoms with Gasteiger partial charge in [0.2, 0.25) is 0 Å². The quantitative estimate of drug-likeness (QED) is 0.543. The molecule has 0 aromatic heterocycles. The lowest BCUT2D eigenvalue weighted by molar-refractivity contribution is -0.187. The third-order valence-electron chi connectivity index (χ3n) is 8.59. The van der Waals surface area contributed by atoms with Gasteiger partial charge in [0.1, 0.15) is 12.4 Å². The Morgan fingerprint density at radius 1 is 1.28 bits per heavy atom. The molecule has 2 fully saturated rings. The Bertz CT molecular complexity index is 835. The van der Waals surface area contributed by atoms with Crippen molar-refractivity contribution >= 4 is 11.6 Å². The zero-order valence-corrected chi connectivity index (χ0v) is 16.9. The van der Waals surface area contributed by atoms with Crippen LogP contribution in [-0.2, 0) is 9.59 Å². The van der Waals surface area contributed by atoms with Crippen LogP contribution in [0.5, 0.6) is 0 Å². The maximum absolute atomic E-state index is 15.2. The summed E-state index contributed by atoms with van der Waals surface area (Å²) in [6, 6.07) is 0. The number of hydrogen-bond donors (Lipinski definition) is 4. The zero-order valence-electron chi connectivity index (χ0n) is 16.9. The smallest absolute Gasteiger partial charge is 0.192 e. The lowest BCUT2D eigenvalue weighted by Gasteiger charge is -2.59. The third kappa shape index (κ3) is 2.42. The Hall–Kier alpha value is -1.41. The molecule has 0 aliphatic heterocycles. The van der Waals surface area contributed by atoms with Crippen LogP contribution in [0.15, 0.2) is 23.6 Å². The highest BCUT2D eigenvalue weighted by Gasteiger charge is 2.71. The summed E-state index contributed by atoms with van der Waals surface area (Å²) in [5.41, 5.74) is -3.86. The number of fused-ring (bicyclic) bond motifs is 5. The van der Waals surface area contributed by atoms with Gasteiger partial charge in [-0.1, -0.05) is 20.8 Å². The van der Waals surface area contributed by atoms with Crippen LogP contribution in [-0.4, -0.2) is 56.4 Å². The number of Topliss-reactive ketones (excluding diaryl/α,β-unsaturated/α-hetero) is 1. The minimum absolute atomic E-state index is 0.0405. The van der Waals surface area contributed by atoms with E-state index in [0.717, 1.165) is 0 Å². The molecule has 4 rings (SSSR count). The number of carbonyl (C=O) groups excluding carboxylic acids is 2. The summed E-state index contributed by atoms with van der Waals surface area (Å²) in [6.45, 7) is 4.37. The van der Waals surface area contributed by atoms with E-state index < -0.39 is 64.6 Å². The lowest BCUT2D eigenvalue weighted by Crippen LogP contribution is -2.63. The van der Waals surface area contributed by atoms with Crippen molar-refractivity contribution in [3.63, 3.8) is 0 Å². The van der Waals surface area contributed by atoms with Gasteiger partial charge in [0, 0.05) is 22.7 Å². The van der Waals surface area contributed by atoms with Gasteiger partial charge in [-0.25, -0.2) is 4.39 Å². The normalized spacial score (nSPS) is 51.5. The van der Waals surface area contributed by atoms with Crippen LogP contribution in [0.4, 0.5) is 4.39 Å². The second-order valence-electron chi connectivity index (χ2n) is 10.00. The maximum Gasteiger partial charge on any atom is 0.192 e. The lowest BCUT2D eigenvalue weighted by atomic mass is 9.46. The fourth-order valence-electron chi connectivity index (χ4n) is 7.20. The molecule has 0 aromatic carbocycles. The van der Waals surface area contributed by atoms with E-state index in [-0.39, 0.29) is 24.5 Å². The number of aliphatic hydroxyl groups is 4. The van der Waals surface area contributed by atoms with Crippen molar-refractivity contribution in [1.82, 2.24) is 0 Å².